The molecule has 0 aromatic heterocycles. The third-order valence-corrected chi connectivity index (χ3v) is 5.03. The van der Waals surface area contributed by atoms with Crippen LogP contribution in [0.5, 0.6) is 5.75 Å². The van der Waals surface area contributed by atoms with Crippen LogP contribution in [0.15, 0.2) is 23.1 Å². The van der Waals surface area contributed by atoms with Gasteiger partial charge in [-0.05, 0) is 18.2 Å². The Kier molecular flexibility index (Phi) is 4.39. The molecule has 0 aliphatic carbocycles. The lowest BCUT2D eigenvalue weighted by atomic mass is 10.3. The van der Waals surface area contributed by atoms with E-state index in [1.165, 1.54) is 25.3 Å². The number of nitrogen functional groups attached to an aromatic ring is 1. The van der Waals surface area contributed by atoms with E-state index in [1.807, 2.05) is 0 Å². The van der Waals surface area contributed by atoms with E-state index in [0.717, 1.165) is 0 Å². The molecular weight excluding hydrogens is 281 g/mol. The van der Waals surface area contributed by atoms with Crippen LogP contribution in [0, 0.1) is 0 Å². The zero-order chi connectivity index (χ0) is 14.0. The summed E-state index contributed by atoms with van der Waals surface area (Å²) < 4.78 is 39.1. The topological polar surface area (TPSA) is 127 Å². The van der Waals surface area contributed by atoms with Gasteiger partial charge < -0.3 is 20.3 Å². The van der Waals surface area contributed by atoms with Gasteiger partial charge in [-0.25, -0.2) is 8.42 Å². The minimum Gasteiger partial charge on any atom is -0.495 e. The highest BCUT2D eigenvalue weighted by molar-refractivity contribution is 7.91. The number of benzene rings is 1. The summed E-state index contributed by atoms with van der Waals surface area (Å²) >= 11 is 0. The normalized spacial score (nSPS) is 12.4. The molecule has 0 saturated heterocycles. The number of nitrogens with two attached hydrogens (primary N) is 1. The van der Waals surface area contributed by atoms with Crippen LogP contribution in [0.3, 0.4) is 0 Å². The summed E-state index contributed by atoms with van der Waals surface area (Å²) in [5, 5.41) is 0. The molecule has 0 saturated carbocycles. The maximum Gasteiger partial charge on any atom is 0.326 e. The smallest absolute Gasteiger partial charge is 0.326 e. The van der Waals surface area contributed by atoms with Crippen LogP contribution in [0.2, 0.25) is 0 Å². The van der Waals surface area contributed by atoms with Gasteiger partial charge in [-0.1, -0.05) is 0 Å². The van der Waals surface area contributed by atoms with Crippen molar-refractivity contribution in [3.8, 4) is 5.75 Å². The molecule has 0 bridgehead atoms. The van der Waals surface area contributed by atoms with Gasteiger partial charge in [-0.2, -0.15) is 0 Å². The van der Waals surface area contributed by atoms with Crippen molar-refractivity contribution in [2.75, 3.05) is 24.8 Å². The third-order valence-electron chi connectivity index (χ3n) is 2.21. The van der Waals surface area contributed by atoms with Crippen LogP contribution in [0.1, 0.15) is 0 Å². The minimum absolute atomic E-state index is 0.0887. The summed E-state index contributed by atoms with van der Waals surface area (Å²) in [6, 6.07) is 3.87. The highest BCUT2D eigenvalue weighted by Gasteiger charge is 2.22. The average molecular weight is 295 g/mol. The van der Waals surface area contributed by atoms with Crippen LogP contribution < -0.4 is 10.5 Å². The monoisotopic (exact) mass is 295 g/mol. The molecule has 0 amide bonds. The number of ether oxygens (including phenoxy) is 1. The molecule has 0 spiro atoms. The molecule has 0 radical (unpaired) electrons. The summed E-state index contributed by atoms with van der Waals surface area (Å²) in [5.41, 5.74) is 5.72. The van der Waals surface area contributed by atoms with Gasteiger partial charge in [0.15, 0.2) is 9.84 Å². The zero-order valence-corrected chi connectivity index (χ0v) is 11.3. The van der Waals surface area contributed by atoms with E-state index in [-0.39, 0.29) is 10.6 Å². The number of hydrogen-bond acceptors (Lipinski definition) is 5. The molecule has 1 rings (SSSR count). The predicted molar refractivity (Wildman–Crippen MR) is 66.4 cm³/mol. The van der Waals surface area contributed by atoms with E-state index in [2.05, 4.69) is 0 Å². The Balaban J connectivity index is 2.99. The van der Waals surface area contributed by atoms with Crippen molar-refractivity contribution >= 4 is 23.1 Å². The Morgan fingerprint density at radius 1 is 1.39 bits per heavy atom. The van der Waals surface area contributed by atoms with E-state index >= 15 is 0 Å². The van der Waals surface area contributed by atoms with Gasteiger partial charge in [0, 0.05) is 0 Å². The van der Waals surface area contributed by atoms with Crippen LogP contribution in [0.25, 0.3) is 0 Å². The highest BCUT2D eigenvalue weighted by Crippen LogP contribution is 2.35. The largest absolute Gasteiger partial charge is 0.495 e. The third kappa shape index (κ3) is 3.99. The summed E-state index contributed by atoms with van der Waals surface area (Å²) in [7, 11) is -6.72. The fourth-order valence-corrected chi connectivity index (χ4v) is 3.99. The highest BCUT2D eigenvalue weighted by atomic mass is 32.2. The second-order valence-electron chi connectivity index (χ2n) is 3.61. The van der Waals surface area contributed by atoms with Crippen molar-refractivity contribution in [1.29, 1.82) is 0 Å². The molecule has 0 fully saturated rings. The minimum atomic E-state index is -4.34. The molecule has 0 aliphatic heterocycles. The molecule has 1 aromatic carbocycles. The van der Waals surface area contributed by atoms with Gasteiger partial charge in [-0.15, -0.1) is 0 Å². The Labute approximate surface area is 105 Å². The lowest BCUT2D eigenvalue weighted by Crippen LogP contribution is -2.11. The summed E-state index contributed by atoms with van der Waals surface area (Å²) in [5.74, 6) is -0.299. The molecule has 4 N–H and O–H groups in total. The van der Waals surface area contributed by atoms with Crippen molar-refractivity contribution in [1.82, 2.24) is 0 Å². The van der Waals surface area contributed by atoms with Crippen molar-refractivity contribution in [2.45, 2.75) is 4.90 Å². The molecular formula is C9H14NO6PS. The number of hydrogen-bond donors (Lipinski definition) is 3. The molecule has 0 heterocycles. The summed E-state index contributed by atoms with van der Waals surface area (Å²) in [6.45, 7) is 0. The number of sulfone groups is 1. The summed E-state index contributed by atoms with van der Waals surface area (Å²) in [6.07, 6.45) is -0.721. The van der Waals surface area contributed by atoms with Gasteiger partial charge in [0.05, 0.1) is 29.6 Å². The van der Waals surface area contributed by atoms with Crippen LogP contribution in [-0.4, -0.2) is 37.2 Å². The van der Waals surface area contributed by atoms with Crippen molar-refractivity contribution in [3.05, 3.63) is 18.2 Å². The quantitative estimate of drug-likeness (QED) is 0.524. The Hall–Kier alpha value is -1.08. The molecule has 7 nitrogen and oxygen atoms in total. The molecule has 1 aromatic rings. The fraction of sp³-hybridized carbons (Fsp3) is 0.333. The predicted octanol–water partition coefficient (Wildman–Crippen LogP) is 0.229. The maximum atomic E-state index is 11.8. The van der Waals surface area contributed by atoms with E-state index in [9.17, 15) is 13.0 Å². The first-order valence-electron chi connectivity index (χ1n) is 4.86. The molecule has 102 valence electrons. The Morgan fingerprint density at radius 3 is 2.44 bits per heavy atom. The van der Waals surface area contributed by atoms with E-state index in [1.54, 1.807) is 0 Å². The van der Waals surface area contributed by atoms with E-state index < -0.39 is 29.3 Å². The van der Waals surface area contributed by atoms with Crippen LogP contribution in [-0.2, 0) is 14.4 Å². The second-order valence-corrected chi connectivity index (χ2v) is 7.50. The summed E-state index contributed by atoms with van der Waals surface area (Å²) in [4.78, 5) is 17.2. The van der Waals surface area contributed by atoms with Crippen LogP contribution in [0.4, 0.5) is 5.69 Å². The molecule has 0 aliphatic rings. The molecule has 18 heavy (non-hydrogen) atoms. The fourth-order valence-electron chi connectivity index (χ4n) is 1.26. The van der Waals surface area contributed by atoms with E-state index in [4.69, 9.17) is 20.3 Å². The van der Waals surface area contributed by atoms with Gasteiger partial charge in [0.2, 0.25) is 0 Å². The lowest BCUT2D eigenvalue weighted by Gasteiger charge is -2.08. The lowest BCUT2D eigenvalue weighted by molar-refractivity contribution is 0.374. The first-order valence-corrected chi connectivity index (χ1v) is 8.31. The van der Waals surface area contributed by atoms with Gasteiger partial charge in [-0.3, -0.25) is 4.57 Å². The first kappa shape index (κ1) is 15.0. The first-order chi connectivity index (χ1) is 8.15. The zero-order valence-electron chi connectivity index (χ0n) is 9.61. The molecule has 9 heteroatoms. The van der Waals surface area contributed by atoms with E-state index in [0.29, 0.717) is 5.75 Å². The molecule has 0 unspecified atom stereocenters. The average Bonchev–Trinajstić information content (AvgIpc) is 2.25. The number of methoxy groups -OCH3 is 1. The van der Waals surface area contributed by atoms with Crippen molar-refractivity contribution in [3.63, 3.8) is 0 Å². The molecule has 0 atom stereocenters. The van der Waals surface area contributed by atoms with Gasteiger partial charge in [0.25, 0.3) is 0 Å². The van der Waals surface area contributed by atoms with Gasteiger partial charge >= 0.3 is 7.60 Å². The SMILES string of the molecule is COc1ccc(S(=O)(=O)CCP(=O)(O)O)cc1N. The standard InChI is InChI=1S/C9H14NO6PS/c1-16-9-3-2-7(6-8(9)10)18(14,15)5-4-17(11,12)13/h2-3,6H,4-5,10H2,1H3,(H2,11,12,13). The van der Waals surface area contributed by atoms with Crippen LogP contribution >= 0.6 is 7.60 Å². The number of rotatable bonds is 5. The number of anilines is 1. The maximum absolute atomic E-state index is 11.8. The van der Waals surface area contributed by atoms with Crippen molar-refractivity contribution in [2.24, 2.45) is 0 Å². The van der Waals surface area contributed by atoms with Crippen molar-refractivity contribution < 1.29 is 27.5 Å². The second kappa shape index (κ2) is 5.27. The van der Waals surface area contributed by atoms with Gasteiger partial charge in [0.1, 0.15) is 5.75 Å². The Morgan fingerprint density at radius 2 is 2.00 bits per heavy atom. The Bertz CT molecular complexity index is 579.